The van der Waals surface area contributed by atoms with Gasteiger partial charge in [0, 0.05) is 12.1 Å². The van der Waals surface area contributed by atoms with E-state index in [4.69, 9.17) is 21.7 Å². The van der Waals surface area contributed by atoms with Crippen LogP contribution in [0.4, 0.5) is 5.69 Å². The minimum atomic E-state index is -0.312. The van der Waals surface area contributed by atoms with Gasteiger partial charge in [0.25, 0.3) is 5.91 Å². The average molecular weight is 463 g/mol. The van der Waals surface area contributed by atoms with Crippen LogP contribution in [0.5, 0.6) is 11.5 Å². The Hall–Kier alpha value is -3.38. The number of hydrogen-bond donors (Lipinski definition) is 2. The highest BCUT2D eigenvalue weighted by atomic mass is 32.1. The van der Waals surface area contributed by atoms with E-state index in [0.717, 1.165) is 24.3 Å². The molecule has 0 unspecified atom stereocenters. The number of hydrogen-bond acceptors (Lipinski definition) is 4. The third kappa shape index (κ3) is 8.24. The maximum Gasteiger partial charge on any atom is 0.261 e. The normalized spacial score (nSPS) is 10.5. The molecule has 3 aromatic carbocycles. The molecule has 1 amide bonds. The Morgan fingerprint density at radius 1 is 0.879 bits per heavy atom. The number of carbonyl (C=O) groups is 1. The van der Waals surface area contributed by atoms with Gasteiger partial charge in [-0.3, -0.25) is 10.1 Å². The molecule has 6 heteroatoms. The fourth-order valence-corrected chi connectivity index (χ4v) is 3.29. The SMILES string of the molecule is CC(C)CCOc1ccccc1C(=O)NC(=S)Nc1ccc(OCCc2ccccc2)cc1. The van der Waals surface area contributed by atoms with Crippen molar-refractivity contribution < 1.29 is 14.3 Å². The highest BCUT2D eigenvalue weighted by Crippen LogP contribution is 2.19. The number of nitrogens with one attached hydrogen (secondary N) is 2. The maximum absolute atomic E-state index is 12.7. The first-order chi connectivity index (χ1) is 16.0. The van der Waals surface area contributed by atoms with Crippen LogP contribution in [0, 0.1) is 5.92 Å². The van der Waals surface area contributed by atoms with Crippen molar-refractivity contribution in [3.63, 3.8) is 0 Å². The van der Waals surface area contributed by atoms with E-state index in [1.165, 1.54) is 5.56 Å². The van der Waals surface area contributed by atoms with Crippen LogP contribution in [0.3, 0.4) is 0 Å². The van der Waals surface area contributed by atoms with Crippen molar-refractivity contribution in [2.45, 2.75) is 26.7 Å². The monoisotopic (exact) mass is 462 g/mol. The molecule has 0 bridgehead atoms. The first-order valence-electron chi connectivity index (χ1n) is 11.1. The molecule has 0 aliphatic heterocycles. The van der Waals surface area contributed by atoms with E-state index in [0.29, 0.717) is 30.4 Å². The number of benzene rings is 3. The second kappa shape index (κ2) is 12.6. The molecule has 172 valence electrons. The summed E-state index contributed by atoms with van der Waals surface area (Å²) in [5, 5.41) is 5.97. The summed E-state index contributed by atoms with van der Waals surface area (Å²) in [7, 11) is 0. The molecule has 0 saturated carbocycles. The lowest BCUT2D eigenvalue weighted by Gasteiger charge is -2.14. The third-order valence-electron chi connectivity index (χ3n) is 4.93. The average Bonchev–Trinajstić information content (AvgIpc) is 2.81. The molecular formula is C27H30N2O3S. The summed E-state index contributed by atoms with van der Waals surface area (Å²) in [4.78, 5) is 12.7. The summed E-state index contributed by atoms with van der Waals surface area (Å²) in [5.74, 6) is 1.55. The summed E-state index contributed by atoms with van der Waals surface area (Å²) in [6, 6.07) is 24.9. The summed E-state index contributed by atoms with van der Waals surface area (Å²) >= 11 is 5.32. The van der Waals surface area contributed by atoms with E-state index in [2.05, 4.69) is 36.6 Å². The van der Waals surface area contributed by atoms with Crippen molar-refractivity contribution in [2.24, 2.45) is 5.92 Å². The Bertz CT molecular complexity index is 1040. The molecule has 0 radical (unpaired) electrons. The number of rotatable bonds is 10. The minimum absolute atomic E-state index is 0.217. The highest BCUT2D eigenvalue weighted by molar-refractivity contribution is 7.80. The van der Waals surface area contributed by atoms with Crippen LogP contribution in [0.1, 0.15) is 36.2 Å². The molecule has 3 aromatic rings. The van der Waals surface area contributed by atoms with E-state index in [1.807, 2.05) is 48.5 Å². The molecule has 0 aliphatic carbocycles. The van der Waals surface area contributed by atoms with Gasteiger partial charge in [0.15, 0.2) is 5.11 Å². The van der Waals surface area contributed by atoms with Crippen LogP contribution >= 0.6 is 12.2 Å². The molecule has 0 spiro atoms. The van der Waals surface area contributed by atoms with Crippen LogP contribution in [-0.4, -0.2) is 24.2 Å². The lowest BCUT2D eigenvalue weighted by atomic mass is 10.1. The van der Waals surface area contributed by atoms with Crippen molar-refractivity contribution in [1.29, 1.82) is 0 Å². The van der Waals surface area contributed by atoms with Gasteiger partial charge in [0.1, 0.15) is 11.5 Å². The maximum atomic E-state index is 12.7. The lowest BCUT2D eigenvalue weighted by molar-refractivity contribution is 0.0973. The topological polar surface area (TPSA) is 59.6 Å². The molecular weight excluding hydrogens is 432 g/mol. The van der Waals surface area contributed by atoms with Gasteiger partial charge < -0.3 is 14.8 Å². The summed E-state index contributed by atoms with van der Waals surface area (Å²) in [6.45, 7) is 5.43. The van der Waals surface area contributed by atoms with Crippen molar-refractivity contribution in [2.75, 3.05) is 18.5 Å². The van der Waals surface area contributed by atoms with Gasteiger partial charge in [-0.05, 0) is 66.5 Å². The van der Waals surface area contributed by atoms with Crippen molar-refractivity contribution in [1.82, 2.24) is 5.32 Å². The molecule has 0 fully saturated rings. The molecule has 0 heterocycles. The fourth-order valence-electron chi connectivity index (χ4n) is 3.08. The predicted octanol–water partition coefficient (Wildman–Crippen LogP) is 5.86. The number of carbonyl (C=O) groups excluding carboxylic acids is 1. The van der Waals surface area contributed by atoms with Crippen LogP contribution < -0.4 is 20.1 Å². The van der Waals surface area contributed by atoms with Gasteiger partial charge in [-0.1, -0.05) is 56.3 Å². The van der Waals surface area contributed by atoms with Gasteiger partial charge >= 0.3 is 0 Å². The zero-order valence-corrected chi connectivity index (χ0v) is 19.9. The van der Waals surface area contributed by atoms with Gasteiger partial charge in [-0.25, -0.2) is 0 Å². The van der Waals surface area contributed by atoms with E-state index in [-0.39, 0.29) is 11.0 Å². The predicted molar refractivity (Wildman–Crippen MR) is 137 cm³/mol. The third-order valence-corrected chi connectivity index (χ3v) is 5.13. The number of anilines is 1. The molecule has 0 aromatic heterocycles. The Morgan fingerprint density at radius 3 is 2.30 bits per heavy atom. The van der Waals surface area contributed by atoms with Crippen LogP contribution in [0.15, 0.2) is 78.9 Å². The standard InChI is InChI=1S/C27H30N2O3S/c1-20(2)16-18-32-25-11-7-6-10-24(25)26(30)29-27(33)28-22-12-14-23(15-13-22)31-19-17-21-8-4-3-5-9-21/h3-15,20H,16-19H2,1-2H3,(H2,28,29,30,33). The number of amides is 1. The van der Waals surface area contributed by atoms with E-state index < -0.39 is 0 Å². The van der Waals surface area contributed by atoms with Gasteiger partial charge in [-0.15, -0.1) is 0 Å². The Balaban J connectivity index is 1.48. The smallest absolute Gasteiger partial charge is 0.261 e. The van der Waals surface area contributed by atoms with Crippen molar-refractivity contribution in [3.05, 3.63) is 90.0 Å². The van der Waals surface area contributed by atoms with E-state index >= 15 is 0 Å². The molecule has 0 saturated heterocycles. The quantitative estimate of drug-likeness (QED) is 0.370. The van der Waals surface area contributed by atoms with Crippen LogP contribution in [0.2, 0.25) is 0 Å². The molecule has 3 rings (SSSR count). The van der Waals surface area contributed by atoms with Gasteiger partial charge in [-0.2, -0.15) is 0 Å². The molecule has 5 nitrogen and oxygen atoms in total. The summed E-state index contributed by atoms with van der Waals surface area (Å²) in [6.07, 6.45) is 1.77. The lowest BCUT2D eigenvalue weighted by Crippen LogP contribution is -2.34. The highest BCUT2D eigenvalue weighted by Gasteiger charge is 2.14. The molecule has 0 atom stereocenters. The molecule has 0 aliphatic rings. The zero-order chi connectivity index (χ0) is 23.5. The van der Waals surface area contributed by atoms with E-state index in [1.54, 1.807) is 18.2 Å². The van der Waals surface area contributed by atoms with Crippen molar-refractivity contribution >= 4 is 28.9 Å². The van der Waals surface area contributed by atoms with E-state index in [9.17, 15) is 4.79 Å². The fraction of sp³-hybridized carbons (Fsp3) is 0.259. The van der Waals surface area contributed by atoms with Gasteiger partial charge in [0.2, 0.25) is 0 Å². The minimum Gasteiger partial charge on any atom is -0.493 e. The second-order valence-corrected chi connectivity index (χ2v) is 8.45. The number of para-hydroxylation sites is 1. The Kier molecular flexibility index (Phi) is 9.27. The Labute approximate surface area is 201 Å². The van der Waals surface area contributed by atoms with Crippen LogP contribution in [0.25, 0.3) is 0 Å². The first kappa shape index (κ1) is 24.3. The molecule has 33 heavy (non-hydrogen) atoms. The van der Waals surface area contributed by atoms with Gasteiger partial charge in [0.05, 0.1) is 18.8 Å². The van der Waals surface area contributed by atoms with Crippen LogP contribution in [-0.2, 0) is 6.42 Å². The summed E-state index contributed by atoms with van der Waals surface area (Å²) in [5.41, 5.74) is 2.45. The first-order valence-corrected chi connectivity index (χ1v) is 11.5. The number of ether oxygens (including phenoxy) is 2. The Morgan fingerprint density at radius 2 is 1.58 bits per heavy atom. The largest absolute Gasteiger partial charge is 0.493 e. The summed E-state index contributed by atoms with van der Waals surface area (Å²) < 4.78 is 11.6. The number of thiocarbonyl (C=S) groups is 1. The van der Waals surface area contributed by atoms with Crippen molar-refractivity contribution in [3.8, 4) is 11.5 Å². The zero-order valence-electron chi connectivity index (χ0n) is 19.0. The second-order valence-electron chi connectivity index (χ2n) is 8.04. The molecule has 2 N–H and O–H groups in total.